The van der Waals surface area contributed by atoms with Crippen LogP contribution in [0.15, 0.2) is 241 Å². The first-order valence-electron chi connectivity index (χ1n) is 38.1. The topological polar surface area (TPSA) is 292 Å². The maximum Gasteiger partial charge on any atom is 0.328 e. The Balaban J connectivity index is 0.000000190. The molecule has 0 fully saturated rings. The molecule has 660 valence electrons. The maximum absolute atomic E-state index is 15.2. The minimum absolute atomic E-state index is 0. The van der Waals surface area contributed by atoms with Crippen LogP contribution in [-0.2, 0) is 34.4 Å². The van der Waals surface area contributed by atoms with Crippen LogP contribution in [0.2, 0.25) is 0 Å². The molecule has 0 aliphatic rings. The van der Waals surface area contributed by atoms with Crippen molar-refractivity contribution in [3.8, 4) is 84.0 Å². The van der Waals surface area contributed by atoms with Crippen molar-refractivity contribution in [3.63, 3.8) is 0 Å². The number of amides is 2. The third-order valence-electron chi connectivity index (χ3n) is 19.0. The van der Waals surface area contributed by atoms with Gasteiger partial charge < -0.3 is 55.4 Å². The summed E-state index contributed by atoms with van der Waals surface area (Å²) in [5.41, 5.74) is 11.0. The van der Waals surface area contributed by atoms with Gasteiger partial charge in [0, 0.05) is 193 Å². The average molecular weight is 1800 g/mol. The van der Waals surface area contributed by atoms with Crippen LogP contribution in [0.5, 0.6) is 17.2 Å². The van der Waals surface area contributed by atoms with E-state index in [0.717, 1.165) is 49.4 Å². The van der Waals surface area contributed by atoms with Gasteiger partial charge in [0.05, 0.1) is 31.1 Å². The summed E-state index contributed by atoms with van der Waals surface area (Å²) < 4.78 is 203. The second-order valence-electron chi connectivity index (χ2n) is 29.2. The summed E-state index contributed by atoms with van der Waals surface area (Å²) >= 11 is 0. The van der Waals surface area contributed by atoms with Crippen molar-refractivity contribution < 1.29 is 90.1 Å². The van der Waals surface area contributed by atoms with Crippen LogP contribution in [-0.4, -0.2) is 166 Å². The minimum atomic E-state index is -4.23. The number of carboxylic acid groups (broad SMARTS) is 1. The van der Waals surface area contributed by atoms with Gasteiger partial charge >= 0.3 is 5.97 Å². The number of nitrogens with two attached hydrogens (primary N) is 1. The molecular formula is C92H84ClF9N12O11S2. The number of nitrogen functional groups attached to an aromatic ring is 1. The molecule has 14 aromatic rings. The number of rotatable bonds is 24. The molecule has 127 heavy (non-hydrogen) atoms. The van der Waals surface area contributed by atoms with Gasteiger partial charge in [0.25, 0.3) is 20.0 Å². The molecule has 2 amide bonds. The van der Waals surface area contributed by atoms with Crippen LogP contribution >= 0.6 is 12.4 Å². The number of benzene rings is 8. The van der Waals surface area contributed by atoms with E-state index in [4.69, 9.17) is 25.1 Å². The lowest BCUT2D eigenvalue weighted by molar-refractivity contribution is -0.131. The molecule has 0 saturated heterocycles. The fraction of sp³-hybridized carbons (Fsp3) is 0.152. The molecular weight excluding hydrogens is 1720 g/mol. The fourth-order valence-corrected chi connectivity index (χ4v) is 15.7. The smallest absolute Gasteiger partial charge is 0.328 e. The molecule has 0 aliphatic carbocycles. The number of carbonyl (C=O) groups is 3. The van der Waals surface area contributed by atoms with Crippen molar-refractivity contribution in [1.29, 1.82) is 0 Å². The Morgan fingerprint density at radius 2 is 0.780 bits per heavy atom. The zero-order valence-electron chi connectivity index (χ0n) is 69.9. The molecule has 0 saturated carbocycles. The zero-order chi connectivity index (χ0) is 91.3. The summed E-state index contributed by atoms with van der Waals surface area (Å²) in [6.45, 7) is 5.46. The van der Waals surface area contributed by atoms with Gasteiger partial charge in [0.1, 0.15) is 40.6 Å². The second-order valence-corrected chi connectivity index (χ2v) is 32.8. The Morgan fingerprint density at radius 3 is 1.15 bits per heavy atom. The molecule has 23 nitrogen and oxygen atoms in total. The van der Waals surface area contributed by atoms with E-state index in [0.29, 0.717) is 76.6 Å². The Hall–Kier alpha value is -13.9. The molecule has 0 atom stereocenters. The van der Waals surface area contributed by atoms with Gasteiger partial charge in [-0.05, 0) is 171 Å². The maximum atomic E-state index is 15.2. The number of aromatic amines is 1. The number of ether oxygens (including phenoxy) is 3. The normalized spacial score (nSPS) is 11.6. The highest BCUT2D eigenvalue weighted by atomic mass is 35.5. The quantitative estimate of drug-likeness (QED) is 0.0213. The number of halogens is 10. The molecule has 6 heterocycles. The summed E-state index contributed by atoms with van der Waals surface area (Å²) in [4.78, 5) is 56.1. The molecule has 8 aromatic carbocycles. The standard InChI is InChI=1S/C33H29F3N4O4S.C27H20F3N3O3S.C26H23F3N4O2.C6H11NO2.ClH/c1-20-7-10-24(11-8-20)45(42,43)40-19-28(26-15-22(34)16-30(36)32(26)44-4)27-14-21(18-37-33(27)40)25-17-23(9-12-29(25)35)38-31(41)6-5-13-39(2)3;1-15-3-6-19(7-4-15)37(34,35)33-14-23(21-10-17(28)11-25(30)26(21)36-2)22-9-16(13-32-27(22)33)20-12-18(31)5-8-24(20)29;1-33(2)8-4-5-24(34)32-17-6-7-22(28)18(12-17)15-9-20-21(14-31-26(20)30-13-15)19-10-16(27)11-23(29)25(19)35-3;1-7(2)5-3-4-6(8)9;/h5-12,14-19H,13H2,1-4H3,(H,38,41);3-14H,31H2,1-2H3;4-7,9-14H,8H2,1-3H3,(H,30,31)(H,32,34);3-4H,5H2,1-2H3,(H,8,9);1H/b6-5+;;5-4+;4-3+;. The third-order valence-corrected chi connectivity index (χ3v) is 22.3. The number of likely N-dealkylation sites (N-methyl/N-ethyl adjacent to an activating group) is 3. The van der Waals surface area contributed by atoms with Gasteiger partial charge in [-0.2, -0.15) is 0 Å². The average Bonchev–Trinajstić information content (AvgIpc) is 1.58. The monoisotopic (exact) mass is 1800 g/mol. The number of fused-ring (bicyclic) bond motifs is 3. The van der Waals surface area contributed by atoms with Crippen LogP contribution in [0.1, 0.15) is 11.1 Å². The van der Waals surface area contributed by atoms with Crippen LogP contribution in [0.3, 0.4) is 0 Å². The number of methoxy groups -OCH3 is 3. The van der Waals surface area contributed by atoms with Crippen molar-refractivity contribution in [2.24, 2.45) is 0 Å². The molecule has 0 spiro atoms. The predicted octanol–water partition coefficient (Wildman–Crippen LogP) is 18.3. The van der Waals surface area contributed by atoms with Crippen LogP contribution < -0.4 is 30.6 Å². The molecule has 0 radical (unpaired) electrons. The lowest BCUT2D eigenvalue weighted by Gasteiger charge is -2.10. The molecule has 14 rings (SSSR count). The molecule has 0 unspecified atom stereocenters. The summed E-state index contributed by atoms with van der Waals surface area (Å²) in [5, 5.41) is 14.4. The number of anilines is 3. The summed E-state index contributed by atoms with van der Waals surface area (Å²) in [7, 11) is 6.56. The number of hydrogen-bond acceptors (Lipinski definition) is 17. The van der Waals surface area contributed by atoms with E-state index < -0.39 is 84.3 Å². The Morgan fingerprint density at radius 1 is 0.433 bits per heavy atom. The van der Waals surface area contributed by atoms with Gasteiger partial charge in [-0.3, -0.25) is 9.59 Å². The van der Waals surface area contributed by atoms with Crippen molar-refractivity contribution >= 4 is 100 Å². The first-order chi connectivity index (χ1) is 59.9. The number of pyridine rings is 3. The summed E-state index contributed by atoms with van der Waals surface area (Å²) in [6, 6.07) is 34.5. The number of aryl methyl sites for hydroxylation is 2. The summed E-state index contributed by atoms with van der Waals surface area (Å²) in [6.07, 6.45) is 17.0. The summed E-state index contributed by atoms with van der Waals surface area (Å²) in [5.74, 6) is -9.44. The Kier molecular flexibility index (Phi) is 31.0. The van der Waals surface area contributed by atoms with Crippen molar-refractivity contribution in [2.45, 2.75) is 23.6 Å². The lowest BCUT2D eigenvalue weighted by atomic mass is 10.0. The number of carbonyl (C=O) groups excluding carboxylic acids is 2. The highest BCUT2D eigenvalue weighted by Gasteiger charge is 2.30. The molecule has 6 N–H and O–H groups in total. The number of nitrogens with zero attached hydrogens (tertiary/aromatic N) is 8. The SMILES string of the molecule is CN(C)C/C=C/C(=O)O.COc1c(F)cc(F)cc1-c1c[nH]c2ncc(-c3cc(NC(=O)/C=C/CN(C)C)ccc3F)cc12.COc1c(F)cc(F)cc1-c1cn(S(=O)(=O)c2ccc(C)cc2)c2ncc(-c3cc(N)ccc3F)cc12.COc1c(F)cc(F)cc1-c1cn(S(=O)(=O)c2ccc(C)cc2)c2ncc(-c3cc(NC(=O)/C=C/CN(C)C)ccc3F)cc12.Cl. The Labute approximate surface area is 731 Å². The molecule has 6 aromatic heterocycles. The zero-order valence-corrected chi connectivity index (χ0v) is 72.3. The predicted molar refractivity (Wildman–Crippen MR) is 475 cm³/mol. The van der Waals surface area contributed by atoms with Crippen LogP contribution in [0.4, 0.5) is 56.6 Å². The molecule has 35 heteroatoms. The lowest BCUT2D eigenvalue weighted by Crippen LogP contribution is -2.13. The van der Waals surface area contributed by atoms with E-state index in [1.807, 2.05) is 70.8 Å². The van der Waals surface area contributed by atoms with Gasteiger partial charge in [-0.1, -0.05) is 53.6 Å². The fourth-order valence-electron chi connectivity index (χ4n) is 13.1. The van der Waals surface area contributed by atoms with E-state index in [1.165, 1.54) is 155 Å². The largest absolute Gasteiger partial charge is 0.493 e. The van der Waals surface area contributed by atoms with Crippen molar-refractivity contribution in [2.75, 3.05) is 99.6 Å². The number of hydrogen-bond donors (Lipinski definition) is 5. The highest BCUT2D eigenvalue weighted by molar-refractivity contribution is 7.90. The van der Waals surface area contributed by atoms with Gasteiger partial charge in [-0.25, -0.2) is 84.0 Å². The molecule has 0 aliphatic heterocycles. The van der Waals surface area contributed by atoms with Gasteiger partial charge in [0.15, 0.2) is 46.0 Å². The minimum Gasteiger partial charge on any atom is -0.493 e. The highest BCUT2D eigenvalue weighted by Crippen LogP contribution is 2.45. The van der Waals surface area contributed by atoms with Crippen LogP contribution in [0, 0.1) is 66.2 Å². The number of carboxylic acids is 1. The van der Waals surface area contributed by atoms with E-state index in [1.54, 1.807) is 54.8 Å². The number of aliphatic carboxylic acids is 1. The van der Waals surface area contributed by atoms with Crippen LogP contribution in [0.25, 0.3) is 99.9 Å². The van der Waals surface area contributed by atoms with Crippen molar-refractivity contribution in [1.82, 2.24) is 42.6 Å². The second kappa shape index (κ2) is 41.3. The Bertz CT molecular complexity index is 6810. The van der Waals surface area contributed by atoms with E-state index in [9.17, 15) is 66.3 Å². The van der Waals surface area contributed by atoms with Crippen molar-refractivity contribution in [3.05, 3.63) is 295 Å². The number of nitrogens with one attached hydrogen (secondary N) is 3. The molecule has 0 bridgehead atoms. The first-order valence-corrected chi connectivity index (χ1v) is 40.9. The van der Waals surface area contributed by atoms with E-state index in [-0.39, 0.29) is 117 Å². The third kappa shape index (κ3) is 22.6. The van der Waals surface area contributed by atoms with Gasteiger partial charge in [0.2, 0.25) is 11.8 Å². The first kappa shape index (κ1) is 95.3. The number of aromatic nitrogens is 6. The van der Waals surface area contributed by atoms with E-state index >= 15 is 4.39 Å². The van der Waals surface area contributed by atoms with E-state index in [2.05, 4.69) is 30.6 Å². The number of H-pyrrole nitrogens is 1. The van der Waals surface area contributed by atoms with Gasteiger partial charge in [-0.15, -0.1) is 12.4 Å².